The molecule has 9 nitrogen and oxygen atoms in total. The molecule has 0 spiro atoms. The number of anilines is 3. The monoisotopic (exact) mass is 469 g/mol. The molecule has 2 aromatic heterocycles. The average Bonchev–Trinajstić information content (AvgIpc) is 3.19. The van der Waals surface area contributed by atoms with E-state index in [1.165, 1.54) is 11.3 Å². The fourth-order valence-electron chi connectivity index (χ4n) is 3.61. The number of carbonyl (C=O) groups is 1. The van der Waals surface area contributed by atoms with Gasteiger partial charge >= 0.3 is 5.97 Å². The quantitative estimate of drug-likeness (QED) is 0.448. The Hall–Kier alpha value is -3.08. The van der Waals surface area contributed by atoms with Crippen LogP contribution < -0.4 is 10.2 Å². The summed E-state index contributed by atoms with van der Waals surface area (Å²) in [5.74, 6) is 0.718. The van der Waals surface area contributed by atoms with E-state index >= 15 is 0 Å². The number of aromatic nitrogens is 3. The van der Waals surface area contributed by atoms with Gasteiger partial charge < -0.3 is 19.8 Å². The summed E-state index contributed by atoms with van der Waals surface area (Å²) < 4.78 is 5.10. The number of benzene rings is 1. The number of hydrogen-bond donors (Lipinski definition) is 3. The van der Waals surface area contributed by atoms with Crippen LogP contribution in [0.15, 0.2) is 30.3 Å². The molecule has 10 heteroatoms. The molecule has 0 bridgehead atoms. The Morgan fingerprint density at radius 1 is 1.21 bits per heavy atom. The molecule has 0 unspecified atom stereocenters. The Balaban J connectivity index is 1.67. The van der Waals surface area contributed by atoms with Crippen molar-refractivity contribution in [2.45, 2.75) is 39.4 Å². The first-order valence-electron chi connectivity index (χ1n) is 10.9. The number of carbonyl (C=O) groups excluding carboxylic acids is 1. The highest BCUT2D eigenvalue weighted by molar-refractivity contribution is 7.17. The van der Waals surface area contributed by atoms with Gasteiger partial charge in [-0.15, -0.1) is 0 Å². The fraction of sp³-hybridized carbons (Fsp3) is 0.391. The van der Waals surface area contributed by atoms with Gasteiger partial charge in [0.2, 0.25) is 5.95 Å². The second-order valence-electron chi connectivity index (χ2n) is 7.79. The van der Waals surface area contributed by atoms with Gasteiger partial charge in [-0.05, 0) is 32.3 Å². The number of piperidine rings is 1. The largest absolute Gasteiger partial charge is 0.462 e. The van der Waals surface area contributed by atoms with Crippen LogP contribution >= 0.6 is 11.3 Å². The number of aliphatic hydroxyl groups excluding tert-OH is 2. The third kappa shape index (κ3) is 5.47. The summed E-state index contributed by atoms with van der Waals surface area (Å²) in [5, 5.41) is 22.9. The van der Waals surface area contributed by atoms with E-state index in [0.29, 0.717) is 54.2 Å². The Bertz CT molecular complexity index is 1110. The molecule has 1 aromatic carbocycles. The van der Waals surface area contributed by atoms with E-state index < -0.39 is 5.97 Å². The minimum absolute atomic E-state index is 0.0234. The van der Waals surface area contributed by atoms with E-state index in [1.54, 1.807) is 13.8 Å². The highest BCUT2D eigenvalue weighted by atomic mass is 32.1. The van der Waals surface area contributed by atoms with Crippen LogP contribution in [0.1, 0.15) is 40.7 Å². The SMILES string of the molecule is CCOC(=O)c1sc(Nc2nc(-c3ccc(CO)cc3)cc(N3CCC(O)CC3)n2)nc1C. The van der Waals surface area contributed by atoms with Crippen LogP contribution in [-0.2, 0) is 11.3 Å². The molecule has 1 aliphatic heterocycles. The Labute approximate surface area is 196 Å². The minimum Gasteiger partial charge on any atom is -0.462 e. The molecule has 174 valence electrons. The molecule has 3 heterocycles. The van der Waals surface area contributed by atoms with Crippen LogP contribution in [0.3, 0.4) is 0 Å². The molecule has 0 saturated carbocycles. The molecular weight excluding hydrogens is 442 g/mol. The third-order valence-corrected chi connectivity index (χ3v) is 6.46. The summed E-state index contributed by atoms with van der Waals surface area (Å²) >= 11 is 1.20. The van der Waals surface area contributed by atoms with Gasteiger partial charge in [0.1, 0.15) is 10.7 Å². The number of nitrogens with one attached hydrogen (secondary N) is 1. The first-order chi connectivity index (χ1) is 16.0. The topological polar surface area (TPSA) is 121 Å². The minimum atomic E-state index is -0.397. The Morgan fingerprint density at radius 3 is 2.61 bits per heavy atom. The van der Waals surface area contributed by atoms with Crippen molar-refractivity contribution in [1.82, 2.24) is 15.0 Å². The van der Waals surface area contributed by atoms with Crippen LogP contribution in [0, 0.1) is 6.92 Å². The smallest absolute Gasteiger partial charge is 0.350 e. The molecule has 0 atom stereocenters. The molecular formula is C23H27N5O4S. The second kappa shape index (κ2) is 10.2. The third-order valence-electron chi connectivity index (χ3n) is 5.41. The van der Waals surface area contributed by atoms with Crippen LogP contribution in [0.2, 0.25) is 0 Å². The summed E-state index contributed by atoms with van der Waals surface area (Å²) in [6, 6.07) is 9.46. The van der Waals surface area contributed by atoms with E-state index in [0.717, 1.165) is 22.6 Å². The lowest BCUT2D eigenvalue weighted by atomic mass is 10.1. The summed E-state index contributed by atoms with van der Waals surface area (Å²) in [6.45, 7) is 5.20. The van der Waals surface area contributed by atoms with Crippen molar-refractivity contribution in [2.24, 2.45) is 0 Å². The number of rotatable bonds is 7. The van der Waals surface area contributed by atoms with E-state index in [4.69, 9.17) is 4.74 Å². The van der Waals surface area contributed by atoms with Crippen molar-refractivity contribution >= 4 is 34.2 Å². The van der Waals surface area contributed by atoms with Crippen LogP contribution in [0.25, 0.3) is 11.3 Å². The first kappa shape index (κ1) is 23.1. The molecule has 1 aliphatic rings. The van der Waals surface area contributed by atoms with Gasteiger partial charge in [-0.1, -0.05) is 35.6 Å². The molecule has 1 saturated heterocycles. The number of ether oxygens (including phenoxy) is 1. The van der Waals surface area contributed by atoms with Gasteiger partial charge in [-0.3, -0.25) is 5.32 Å². The predicted molar refractivity (Wildman–Crippen MR) is 127 cm³/mol. The molecule has 4 rings (SSSR count). The molecule has 0 radical (unpaired) electrons. The Kier molecular flexibility index (Phi) is 7.17. The zero-order valence-electron chi connectivity index (χ0n) is 18.6. The lowest BCUT2D eigenvalue weighted by Crippen LogP contribution is -2.36. The van der Waals surface area contributed by atoms with Crippen LogP contribution in [0.5, 0.6) is 0 Å². The number of nitrogens with zero attached hydrogens (tertiary/aromatic N) is 4. The van der Waals surface area contributed by atoms with E-state index in [2.05, 4.69) is 25.2 Å². The van der Waals surface area contributed by atoms with Gasteiger partial charge in [0.15, 0.2) is 5.13 Å². The van der Waals surface area contributed by atoms with Crippen LogP contribution in [-0.4, -0.2) is 56.9 Å². The maximum Gasteiger partial charge on any atom is 0.350 e. The lowest BCUT2D eigenvalue weighted by Gasteiger charge is -2.30. The summed E-state index contributed by atoms with van der Waals surface area (Å²) in [5.41, 5.74) is 3.01. The number of aryl methyl sites for hydroxylation is 1. The highest BCUT2D eigenvalue weighted by Crippen LogP contribution is 2.29. The molecule has 33 heavy (non-hydrogen) atoms. The zero-order chi connectivity index (χ0) is 23.4. The summed E-state index contributed by atoms with van der Waals surface area (Å²) in [6.07, 6.45) is 1.08. The predicted octanol–water partition coefficient (Wildman–Crippen LogP) is 3.28. The standard InChI is InChI=1S/C23H27N5O4S/c1-3-32-21(31)20-14(2)24-23(33-20)27-22-25-18(16-6-4-15(13-29)5-7-16)12-19(26-22)28-10-8-17(30)9-11-28/h4-7,12,17,29-30H,3,8-11,13H2,1-2H3,(H,24,25,26,27). The van der Waals surface area contributed by atoms with Crippen molar-refractivity contribution in [3.8, 4) is 11.3 Å². The first-order valence-corrected chi connectivity index (χ1v) is 11.7. The normalized spacial score (nSPS) is 14.4. The lowest BCUT2D eigenvalue weighted by molar-refractivity contribution is 0.0531. The second-order valence-corrected chi connectivity index (χ2v) is 8.79. The number of thiazole rings is 1. The Morgan fingerprint density at radius 2 is 1.94 bits per heavy atom. The van der Waals surface area contributed by atoms with Crippen molar-refractivity contribution < 1.29 is 19.7 Å². The maximum absolute atomic E-state index is 12.2. The molecule has 3 N–H and O–H groups in total. The van der Waals surface area contributed by atoms with Crippen molar-refractivity contribution in [1.29, 1.82) is 0 Å². The number of esters is 1. The fourth-order valence-corrected chi connectivity index (χ4v) is 4.46. The molecule has 0 amide bonds. The molecule has 0 aliphatic carbocycles. The van der Waals surface area contributed by atoms with E-state index in [-0.39, 0.29) is 12.7 Å². The zero-order valence-corrected chi connectivity index (χ0v) is 19.4. The summed E-state index contributed by atoms with van der Waals surface area (Å²) in [4.78, 5) is 28.5. The van der Waals surface area contributed by atoms with Gasteiger partial charge in [0.05, 0.1) is 30.7 Å². The van der Waals surface area contributed by atoms with E-state index in [1.807, 2.05) is 30.3 Å². The van der Waals surface area contributed by atoms with Crippen molar-refractivity contribution in [3.63, 3.8) is 0 Å². The highest BCUT2D eigenvalue weighted by Gasteiger charge is 2.21. The van der Waals surface area contributed by atoms with Crippen molar-refractivity contribution in [2.75, 3.05) is 29.9 Å². The van der Waals surface area contributed by atoms with Gasteiger partial charge in [-0.25, -0.2) is 14.8 Å². The van der Waals surface area contributed by atoms with Crippen LogP contribution in [0.4, 0.5) is 16.9 Å². The summed E-state index contributed by atoms with van der Waals surface area (Å²) in [7, 11) is 0. The molecule has 3 aromatic rings. The molecule has 1 fully saturated rings. The van der Waals surface area contributed by atoms with Gasteiger partial charge in [-0.2, -0.15) is 4.98 Å². The average molecular weight is 470 g/mol. The van der Waals surface area contributed by atoms with Crippen molar-refractivity contribution in [3.05, 3.63) is 46.5 Å². The number of hydrogen-bond acceptors (Lipinski definition) is 10. The van der Waals surface area contributed by atoms with Gasteiger partial charge in [0, 0.05) is 24.7 Å². The maximum atomic E-state index is 12.2. The van der Waals surface area contributed by atoms with Gasteiger partial charge in [0.25, 0.3) is 0 Å². The van der Waals surface area contributed by atoms with E-state index in [9.17, 15) is 15.0 Å². The number of aliphatic hydroxyl groups is 2.